The molecule has 0 radical (unpaired) electrons. The van der Waals surface area contributed by atoms with Crippen molar-refractivity contribution in [2.45, 2.75) is 52.1 Å². The maximum absolute atomic E-state index is 12.4. The molecule has 4 rings (SSSR count). The molecule has 0 saturated heterocycles. The number of fused-ring (bicyclic) bond motifs is 2. The fourth-order valence-corrected chi connectivity index (χ4v) is 4.58. The van der Waals surface area contributed by atoms with Gasteiger partial charge in [-0.3, -0.25) is 4.79 Å². The molecule has 164 valence electrons. The summed E-state index contributed by atoms with van der Waals surface area (Å²) in [6, 6.07) is 19.4. The van der Waals surface area contributed by atoms with Crippen molar-refractivity contribution in [1.29, 1.82) is 0 Å². The van der Waals surface area contributed by atoms with Gasteiger partial charge in [0.15, 0.2) is 0 Å². The third-order valence-corrected chi connectivity index (χ3v) is 6.60. The molecule has 1 unspecified atom stereocenters. The summed E-state index contributed by atoms with van der Waals surface area (Å²) >= 11 is 0. The van der Waals surface area contributed by atoms with Crippen molar-refractivity contribution in [3.8, 4) is 0 Å². The van der Waals surface area contributed by atoms with Crippen LogP contribution in [0, 0.1) is 5.41 Å². The van der Waals surface area contributed by atoms with Gasteiger partial charge >= 0.3 is 5.97 Å². The van der Waals surface area contributed by atoms with Crippen molar-refractivity contribution in [3.05, 3.63) is 54.6 Å². The van der Waals surface area contributed by atoms with Crippen LogP contribution in [0.25, 0.3) is 21.5 Å². The van der Waals surface area contributed by atoms with Gasteiger partial charge in [0.25, 0.3) is 0 Å². The zero-order chi connectivity index (χ0) is 21.7. The van der Waals surface area contributed by atoms with Crippen LogP contribution in [0.4, 0.5) is 5.69 Å². The summed E-state index contributed by atoms with van der Waals surface area (Å²) in [5, 5.41) is 12.1. The van der Waals surface area contributed by atoms with Gasteiger partial charge in [0.2, 0.25) is 0 Å². The molecule has 4 heteroatoms. The predicted octanol–water partition coefficient (Wildman–Crippen LogP) is 5.90. The van der Waals surface area contributed by atoms with Crippen LogP contribution in [0.15, 0.2) is 54.6 Å². The lowest BCUT2D eigenvalue weighted by atomic mass is 9.89. The van der Waals surface area contributed by atoms with Crippen LogP contribution >= 0.6 is 0 Å². The topological polar surface area (TPSA) is 50.4 Å². The fourth-order valence-electron chi connectivity index (χ4n) is 4.58. The molecule has 1 saturated carbocycles. The zero-order valence-corrected chi connectivity index (χ0v) is 18.7. The van der Waals surface area contributed by atoms with E-state index in [1.165, 1.54) is 21.5 Å². The van der Waals surface area contributed by atoms with Crippen LogP contribution in [-0.4, -0.2) is 31.7 Å². The predicted molar refractivity (Wildman–Crippen MR) is 130 cm³/mol. The molecule has 0 amide bonds. The van der Waals surface area contributed by atoms with E-state index in [1.807, 2.05) is 6.92 Å². The number of nitrogens with one attached hydrogen (secondary N) is 2. The van der Waals surface area contributed by atoms with Gasteiger partial charge in [-0.25, -0.2) is 0 Å². The Morgan fingerprint density at radius 2 is 1.68 bits per heavy atom. The molecule has 31 heavy (non-hydrogen) atoms. The van der Waals surface area contributed by atoms with Crippen molar-refractivity contribution in [3.63, 3.8) is 0 Å². The second kappa shape index (κ2) is 9.69. The number of ether oxygens (including phenoxy) is 1. The van der Waals surface area contributed by atoms with E-state index in [0.29, 0.717) is 0 Å². The second-order valence-corrected chi connectivity index (χ2v) is 9.18. The van der Waals surface area contributed by atoms with Crippen molar-refractivity contribution < 1.29 is 9.53 Å². The molecule has 0 heterocycles. The highest BCUT2D eigenvalue weighted by molar-refractivity contribution is 6.03. The highest BCUT2D eigenvalue weighted by atomic mass is 16.5. The maximum Gasteiger partial charge on any atom is 0.312 e. The maximum atomic E-state index is 12.4. The Bertz CT molecular complexity index is 1040. The minimum Gasteiger partial charge on any atom is -0.462 e. The fraction of sp³-hybridized carbons (Fsp3) is 0.444. The first kappa shape index (κ1) is 21.6. The quantitative estimate of drug-likeness (QED) is 0.258. The summed E-state index contributed by atoms with van der Waals surface area (Å²) in [6.45, 7) is 6.60. The first-order valence-electron chi connectivity index (χ1n) is 11.6. The minimum atomic E-state index is -0.255. The van der Waals surface area contributed by atoms with Gasteiger partial charge in [-0.2, -0.15) is 0 Å². The number of rotatable bonds is 9. The van der Waals surface area contributed by atoms with Gasteiger partial charge < -0.3 is 15.4 Å². The van der Waals surface area contributed by atoms with Crippen LogP contribution in [0.1, 0.15) is 46.0 Å². The zero-order valence-electron chi connectivity index (χ0n) is 18.7. The molecule has 0 spiro atoms. The summed E-state index contributed by atoms with van der Waals surface area (Å²) in [5.41, 5.74) is 0.909. The van der Waals surface area contributed by atoms with E-state index in [2.05, 4.69) is 72.2 Å². The van der Waals surface area contributed by atoms with Crippen LogP contribution in [0.3, 0.4) is 0 Å². The van der Waals surface area contributed by atoms with E-state index >= 15 is 0 Å². The number of esters is 1. The molecule has 2 N–H and O–H groups in total. The SMILES string of the molecule is CC(CCNCCNc1cccc2cc3ccccc3cc12)OC(=O)C1(C)CCCC1. The molecular formula is C27H34N2O2. The molecule has 3 aromatic rings. The third-order valence-electron chi connectivity index (χ3n) is 6.60. The molecular weight excluding hydrogens is 384 g/mol. The van der Waals surface area contributed by atoms with Gasteiger partial charge in [0.05, 0.1) is 5.41 Å². The molecule has 1 atom stereocenters. The smallest absolute Gasteiger partial charge is 0.312 e. The Kier molecular flexibility index (Phi) is 6.77. The average Bonchev–Trinajstić information content (AvgIpc) is 3.22. The van der Waals surface area contributed by atoms with E-state index in [9.17, 15) is 4.79 Å². The molecule has 1 fully saturated rings. The van der Waals surface area contributed by atoms with Crippen LogP contribution in [-0.2, 0) is 9.53 Å². The number of hydrogen-bond acceptors (Lipinski definition) is 4. The summed E-state index contributed by atoms with van der Waals surface area (Å²) in [6.07, 6.45) is 5.00. The monoisotopic (exact) mass is 418 g/mol. The summed E-state index contributed by atoms with van der Waals surface area (Å²) in [4.78, 5) is 12.4. The third kappa shape index (κ3) is 5.19. The molecule has 0 aliphatic heterocycles. The Morgan fingerprint density at radius 3 is 2.45 bits per heavy atom. The lowest BCUT2D eigenvalue weighted by molar-refractivity contribution is -0.159. The van der Waals surface area contributed by atoms with Crippen LogP contribution < -0.4 is 10.6 Å². The highest BCUT2D eigenvalue weighted by Gasteiger charge is 2.38. The van der Waals surface area contributed by atoms with Gasteiger partial charge in [-0.1, -0.05) is 49.2 Å². The number of hydrogen-bond donors (Lipinski definition) is 2. The average molecular weight is 419 g/mol. The molecule has 4 nitrogen and oxygen atoms in total. The molecule has 0 aromatic heterocycles. The molecule has 1 aliphatic carbocycles. The van der Waals surface area contributed by atoms with Crippen molar-refractivity contribution in [1.82, 2.24) is 5.32 Å². The van der Waals surface area contributed by atoms with E-state index in [1.54, 1.807) is 0 Å². The number of carbonyl (C=O) groups is 1. The summed E-state index contributed by atoms with van der Waals surface area (Å²) in [7, 11) is 0. The van der Waals surface area contributed by atoms with Gasteiger partial charge in [-0.05, 0) is 74.0 Å². The molecule has 0 bridgehead atoms. The normalized spacial score (nSPS) is 16.5. The van der Waals surface area contributed by atoms with Crippen molar-refractivity contribution in [2.75, 3.05) is 25.0 Å². The van der Waals surface area contributed by atoms with Gasteiger partial charge in [0, 0.05) is 24.2 Å². The lowest BCUT2D eigenvalue weighted by Crippen LogP contribution is -2.32. The minimum absolute atomic E-state index is 0.0114. The highest BCUT2D eigenvalue weighted by Crippen LogP contribution is 2.38. The Labute approximate surface area is 185 Å². The van der Waals surface area contributed by atoms with Gasteiger partial charge in [0.1, 0.15) is 6.10 Å². The largest absolute Gasteiger partial charge is 0.462 e. The standard InChI is InChI=1S/C27H34N2O2/c1-20(31-26(30)27(2)13-5-6-14-27)12-15-28-16-17-29-25-11-7-10-23-18-21-8-3-4-9-22(21)19-24(23)25/h3-4,7-11,18-20,28-29H,5-6,12-17H2,1-2H3. The lowest BCUT2D eigenvalue weighted by Gasteiger charge is -2.24. The number of carbonyl (C=O) groups excluding carboxylic acids is 1. The van der Waals surface area contributed by atoms with Crippen LogP contribution in [0.5, 0.6) is 0 Å². The Hall–Kier alpha value is -2.59. The van der Waals surface area contributed by atoms with Gasteiger partial charge in [-0.15, -0.1) is 0 Å². The van der Waals surface area contributed by atoms with E-state index in [4.69, 9.17) is 4.74 Å². The first-order chi connectivity index (χ1) is 15.0. The first-order valence-corrected chi connectivity index (χ1v) is 11.6. The number of benzene rings is 3. The van der Waals surface area contributed by atoms with E-state index in [-0.39, 0.29) is 17.5 Å². The second-order valence-electron chi connectivity index (χ2n) is 9.18. The van der Waals surface area contributed by atoms with Crippen molar-refractivity contribution in [2.24, 2.45) is 5.41 Å². The Morgan fingerprint density at radius 1 is 0.968 bits per heavy atom. The summed E-state index contributed by atoms with van der Waals surface area (Å²) < 4.78 is 5.70. The summed E-state index contributed by atoms with van der Waals surface area (Å²) in [5.74, 6) is -0.0114. The molecule has 3 aromatic carbocycles. The molecule has 1 aliphatic rings. The van der Waals surface area contributed by atoms with Crippen molar-refractivity contribution >= 4 is 33.2 Å². The van der Waals surface area contributed by atoms with E-state index in [0.717, 1.165) is 57.4 Å². The van der Waals surface area contributed by atoms with Crippen LogP contribution in [0.2, 0.25) is 0 Å². The Balaban J connectivity index is 1.22. The van der Waals surface area contributed by atoms with E-state index < -0.39 is 0 Å². The number of anilines is 1.